The minimum absolute atomic E-state index is 0.0578. The van der Waals surface area contributed by atoms with Gasteiger partial charge in [-0.25, -0.2) is 9.59 Å². The summed E-state index contributed by atoms with van der Waals surface area (Å²) in [4.78, 5) is 49.1. The first-order chi connectivity index (χ1) is 17.7. The normalized spacial score (nSPS) is 10.4. The molecule has 0 aromatic heterocycles. The molecule has 0 aliphatic rings. The van der Waals surface area contributed by atoms with Gasteiger partial charge in [-0.3, -0.25) is 9.59 Å². The van der Waals surface area contributed by atoms with Crippen molar-refractivity contribution in [1.82, 2.24) is 0 Å². The summed E-state index contributed by atoms with van der Waals surface area (Å²) in [5, 5.41) is 21.8. The number of carbonyl (C=O) groups excluding carboxylic acids is 2. The van der Waals surface area contributed by atoms with Crippen LogP contribution in [0.5, 0.6) is 11.5 Å². The standard InChI is InChI=1S/C28H18ClNO7/c29-17-11-9-16(10-12-17)25(31)19-5-1-2-6-20(19)26(32)30-23-7-3-4-8-24(23)37-18-13-14-21(27(33)34)22(15-18)28(35)36/h1-15H,(H,30,32)(H,33,34)(H,35,36). The van der Waals surface area contributed by atoms with Gasteiger partial charge in [0.2, 0.25) is 0 Å². The van der Waals surface area contributed by atoms with Gasteiger partial charge in [0.25, 0.3) is 5.91 Å². The summed E-state index contributed by atoms with van der Waals surface area (Å²) < 4.78 is 5.78. The molecule has 0 heterocycles. The average molecular weight is 516 g/mol. The second kappa shape index (κ2) is 10.8. The third-order valence-corrected chi connectivity index (χ3v) is 5.59. The van der Waals surface area contributed by atoms with E-state index in [4.69, 9.17) is 16.3 Å². The second-order valence-electron chi connectivity index (χ2n) is 7.75. The van der Waals surface area contributed by atoms with Gasteiger partial charge in [0.05, 0.1) is 22.4 Å². The molecular weight excluding hydrogens is 498 g/mol. The van der Waals surface area contributed by atoms with E-state index in [1.165, 1.54) is 12.1 Å². The number of nitrogens with one attached hydrogen (secondary N) is 1. The van der Waals surface area contributed by atoms with Gasteiger partial charge in [0, 0.05) is 16.1 Å². The number of halogens is 1. The van der Waals surface area contributed by atoms with Crippen molar-refractivity contribution in [3.63, 3.8) is 0 Å². The van der Waals surface area contributed by atoms with Gasteiger partial charge in [-0.2, -0.15) is 0 Å². The first kappa shape index (κ1) is 25.2. The van der Waals surface area contributed by atoms with Crippen LogP contribution in [0.2, 0.25) is 5.02 Å². The molecule has 0 unspecified atom stereocenters. The monoisotopic (exact) mass is 515 g/mol. The Balaban J connectivity index is 1.61. The molecule has 0 saturated heterocycles. The van der Waals surface area contributed by atoms with E-state index in [0.29, 0.717) is 10.6 Å². The van der Waals surface area contributed by atoms with E-state index in [2.05, 4.69) is 5.32 Å². The van der Waals surface area contributed by atoms with E-state index in [-0.39, 0.29) is 39.7 Å². The lowest BCUT2D eigenvalue weighted by Gasteiger charge is -2.14. The van der Waals surface area contributed by atoms with Crippen LogP contribution in [0.3, 0.4) is 0 Å². The van der Waals surface area contributed by atoms with Crippen LogP contribution in [-0.2, 0) is 0 Å². The lowest BCUT2D eigenvalue weighted by atomic mass is 9.98. The number of benzene rings is 4. The van der Waals surface area contributed by atoms with Crippen molar-refractivity contribution in [3.8, 4) is 11.5 Å². The number of amides is 1. The summed E-state index contributed by atoms with van der Waals surface area (Å²) in [6.45, 7) is 0. The summed E-state index contributed by atoms with van der Waals surface area (Å²) in [5.74, 6) is -3.50. The number of carboxylic acid groups (broad SMARTS) is 2. The summed E-state index contributed by atoms with van der Waals surface area (Å²) in [5.41, 5.74) is 0.115. The van der Waals surface area contributed by atoms with Crippen molar-refractivity contribution in [1.29, 1.82) is 0 Å². The van der Waals surface area contributed by atoms with E-state index < -0.39 is 23.4 Å². The highest BCUT2D eigenvalue weighted by Crippen LogP contribution is 2.31. The number of rotatable bonds is 8. The van der Waals surface area contributed by atoms with Gasteiger partial charge < -0.3 is 20.3 Å². The molecule has 3 N–H and O–H groups in total. The third-order valence-electron chi connectivity index (χ3n) is 5.34. The smallest absolute Gasteiger partial charge is 0.336 e. The first-order valence-corrected chi connectivity index (χ1v) is 11.2. The van der Waals surface area contributed by atoms with Gasteiger partial charge in [-0.15, -0.1) is 0 Å². The molecule has 0 radical (unpaired) electrons. The zero-order valence-corrected chi connectivity index (χ0v) is 19.7. The fraction of sp³-hybridized carbons (Fsp3) is 0. The van der Waals surface area contributed by atoms with Crippen molar-refractivity contribution in [3.05, 3.63) is 124 Å². The number of aromatic carboxylic acids is 2. The van der Waals surface area contributed by atoms with Crippen molar-refractivity contribution >= 4 is 40.9 Å². The first-order valence-electron chi connectivity index (χ1n) is 10.8. The quantitative estimate of drug-likeness (QED) is 0.245. The highest BCUT2D eigenvalue weighted by molar-refractivity contribution is 6.30. The molecule has 4 rings (SSSR count). The molecule has 0 aliphatic carbocycles. The molecular formula is C28H18ClNO7. The van der Waals surface area contributed by atoms with Gasteiger partial charge in [-0.1, -0.05) is 41.9 Å². The van der Waals surface area contributed by atoms with Gasteiger partial charge in [0.1, 0.15) is 5.75 Å². The number of carbonyl (C=O) groups is 4. The molecule has 0 bridgehead atoms. The van der Waals surface area contributed by atoms with Crippen molar-refractivity contribution < 1.29 is 34.1 Å². The molecule has 184 valence electrons. The maximum atomic E-state index is 13.2. The van der Waals surface area contributed by atoms with Crippen LogP contribution in [0.15, 0.2) is 91.0 Å². The fourth-order valence-corrected chi connectivity index (χ4v) is 3.69. The molecule has 0 saturated carbocycles. The molecule has 4 aromatic rings. The average Bonchev–Trinajstić information content (AvgIpc) is 2.89. The van der Waals surface area contributed by atoms with Crippen LogP contribution in [0.4, 0.5) is 5.69 Å². The van der Waals surface area contributed by atoms with E-state index in [9.17, 15) is 29.4 Å². The molecule has 8 nitrogen and oxygen atoms in total. The largest absolute Gasteiger partial charge is 0.478 e. The number of anilines is 1. The maximum Gasteiger partial charge on any atom is 0.336 e. The van der Waals surface area contributed by atoms with Crippen LogP contribution >= 0.6 is 11.6 Å². The highest BCUT2D eigenvalue weighted by atomic mass is 35.5. The Bertz CT molecular complexity index is 1530. The number of carboxylic acids is 2. The minimum atomic E-state index is -1.42. The maximum absolute atomic E-state index is 13.2. The summed E-state index contributed by atoms with van der Waals surface area (Å²) in [7, 11) is 0. The van der Waals surface area contributed by atoms with Crippen LogP contribution < -0.4 is 10.1 Å². The van der Waals surface area contributed by atoms with E-state index >= 15 is 0 Å². The predicted octanol–water partition coefficient (Wildman–Crippen LogP) is 6.01. The zero-order chi connectivity index (χ0) is 26.5. The summed E-state index contributed by atoms with van der Waals surface area (Å²) >= 11 is 5.91. The second-order valence-corrected chi connectivity index (χ2v) is 8.19. The predicted molar refractivity (Wildman–Crippen MR) is 136 cm³/mol. The van der Waals surface area contributed by atoms with E-state index in [0.717, 1.165) is 12.1 Å². The number of para-hydroxylation sites is 2. The number of hydrogen-bond donors (Lipinski definition) is 3. The summed E-state index contributed by atoms with van der Waals surface area (Å²) in [6.07, 6.45) is 0. The molecule has 37 heavy (non-hydrogen) atoms. The summed E-state index contributed by atoms with van der Waals surface area (Å²) in [6, 6.07) is 22.6. The van der Waals surface area contributed by atoms with Gasteiger partial charge >= 0.3 is 11.9 Å². The van der Waals surface area contributed by atoms with E-state index in [1.54, 1.807) is 66.7 Å². The van der Waals surface area contributed by atoms with Gasteiger partial charge in [0.15, 0.2) is 11.5 Å². The number of hydrogen-bond acceptors (Lipinski definition) is 5. The molecule has 0 atom stereocenters. The van der Waals surface area contributed by atoms with Crippen molar-refractivity contribution in [2.75, 3.05) is 5.32 Å². The number of ether oxygens (including phenoxy) is 1. The Kier molecular flexibility index (Phi) is 7.31. The molecule has 1 amide bonds. The number of ketones is 1. The molecule has 9 heteroatoms. The molecule has 0 fully saturated rings. The lowest BCUT2D eigenvalue weighted by molar-refractivity contribution is 0.0651. The third kappa shape index (κ3) is 5.66. The Morgan fingerprint density at radius 2 is 1.30 bits per heavy atom. The molecule has 4 aromatic carbocycles. The van der Waals surface area contributed by atoms with Crippen molar-refractivity contribution in [2.24, 2.45) is 0 Å². The highest BCUT2D eigenvalue weighted by Gasteiger charge is 2.20. The Hall–Kier alpha value is -4.95. The molecule has 0 aliphatic heterocycles. The van der Waals surface area contributed by atoms with Gasteiger partial charge in [-0.05, 0) is 60.7 Å². The zero-order valence-electron chi connectivity index (χ0n) is 19.0. The topological polar surface area (TPSA) is 130 Å². The van der Waals surface area contributed by atoms with Crippen LogP contribution in [0.25, 0.3) is 0 Å². The Labute approximate surface area is 215 Å². The van der Waals surface area contributed by atoms with Crippen molar-refractivity contribution in [2.45, 2.75) is 0 Å². The lowest BCUT2D eigenvalue weighted by Crippen LogP contribution is -2.17. The minimum Gasteiger partial charge on any atom is -0.478 e. The van der Waals surface area contributed by atoms with Crippen LogP contribution in [0.1, 0.15) is 47.0 Å². The SMILES string of the molecule is O=C(O)c1ccc(Oc2ccccc2NC(=O)c2ccccc2C(=O)c2ccc(Cl)cc2)cc1C(=O)O. The van der Waals surface area contributed by atoms with Crippen LogP contribution in [-0.4, -0.2) is 33.8 Å². The molecule has 0 spiro atoms. The Morgan fingerprint density at radius 1 is 0.676 bits per heavy atom. The fourth-order valence-electron chi connectivity index (χ4n) is 3.56. The van der Waals surface area contributed by atoms with Crippen LogP contribution in [0, 0.1) is 0 Å². The van der Waals surface area contributed by atoms with E-state index in [1.807, 2.05) is 0 Å². The Morgan fingerprint density at radius 3 is 1.97 bits per heavy atom.